The maximum atomic E-state index is 12.5. The Bertz CT molecular complexity index is 339. The van der Waals surface area contributed by atoms with Crippen molar-refractivity contribution < 1.29 is 12.7 Å². The van der Waals surface area contributed by atoms with Crippen LogP contribution < -0.4 is 0 Å². The Hall–Kier alpha value is 0.450. The zero-order valence-corrected chi connectivity index (χ0v) is 16.7. The van der Waals surface area contributed by atoms with Gasteiger partial charge in [0.05, 0.1) is 0 Å². The van der Waals surface area contributed by atoms with Crippen molar-refractivity contribution in [1.29, 1.82) is 0 Å². The van der Waals surface area contributed by atoms with Crippen LogP contribution in [0.25, 0.3) is 0 Å². The molecule has 0 rings (SSSR count). The van der Waals surface area contributed by atoms with Crippen LogP contribution in [0.4, 0.5) is 0 Å². The molecule has 0 bridgehead atoms. The van der Waals surface area contributed by atoms with E-state index in [1.165, 1.54) is 11.8 Å². The molecule has 0 aromatic heterocycles. The van der Waals surface area contributed by atoms with Crippen LogP contribution in [0.15, 0.2) is 0 Å². The standard InChI is InChI=1S/C12H25INO3PS/c1-12(2,3)19-9(8-10(15)17-13)11(16)14(4)18(5,6)7/h9,18H,8H2,1-7H3. The number of nitrogens with zero attached hydrogens (tertiary/aromatic N) is 1. The molecule has 0 saturated heterocycles. The van der Waals surface area contributed by atoms with Gasteiger partial charge in [-0.1, -0.05) is 0 Å². The van der Waals surface area contributed by atoms with E-state index in [1.807, 2.05) is 32.5 Å². The molecule has 0 aromatic carbocycles. The molecule has 7 heteroatoms. The second kappa shape index (κ2) is 7.46. The summed E-state index contributed by atoms with van der Waals surface area (Å²) in [6.45, 7) is 12.5. The van der Waals surface area contributed by atoms with Gasteiger partial charge in [-0.2, -0.15) is 0 Å². The average molecular weight is 421 g/mol. The number of halogens is 1. The van der Waals surface area contributed by atoms with Crippen molar-refractivity contribution >= 4 is 54.1 Å². The summed E-state index contributed by atoms with van der Waals surface area (Å²) < 4.78 is 6.42. The predicted octanol–water partition coefficient (Wildman–Crippen LogP) is 3.18. The molecule has 0 aliphatic rings. The van der Waals surface area contributed by atoms with Gasteiger partial charge in [-0.3, -0.25) is 0 Å². The summed E-state index contributed by atoms with van der Waals surface area (Å²) >= 11 is 3.09. The maximum absolute atomic E-state index is 12.5. The first kappa shape index (κ1) is 19.4. The van der Waals surface area contributed by atoms with Crippen LogP contribution in [0.2, 0.25) is 0 Å². The Kier molecular flexibility index (Phi) is 7.63. The minimum absolute atomic E-state index is 0.0286. The fourth-order valence-electron chi connectivity index (χ4n) is 1.34. The average Bonchev–Trinajstić information content (AvgIpc) is 2.22. The molecule has 0 N–H and O–H groups in total. The summed E-state index contributed by atoms with van der Waals surface area (Å²) in [4.78, 5) is 24.0. The van der Waals surface area contributed by atoms with Crippen LogP contribution in [0, 0.1) is 0 Å². The Morgan fingerprint density at radius 2 is 1.79 bits per heavy atom. The third kappa shape index (κ3) is 7.71. The van der Waals surface area contributed by atoms with Gasteiger partial charge in [0.25, 0.3) is 0 Å². The zero-order chi connectivity index (χ0) is 15.4. The van der Waals surface area contributed by atoms with Gasteiger partial charge < -0.3 is 0 Å². The predicted molar refractivity (Wildman–Crippen MR) is 94.7 cm³/mol. The first-order chi connectivity index (χ1) is 8.38. The van der Waals surface area contributed by atoms with Gasteiger partial charge in [0.1, 0.15) is 0 Å². The first-order valence-electron chi connectivity index (χ1n) is 6.15. The monoisotopic (exact) mass is 421 g/mol. The third-order valence-corrected chi connectivity index (χ3v) is 6.63. The topological polar surface area (TPSA) is 46.6 Å². The van der Waals surface area contributed by atoms with Crippen molar-refractivity contribution in [3.8, 4) is 0 Å². The first-order valence-corrected chi connectivity index (χ1v) is 11.4. The molecular formula is C12H25INO3PS. The van der Waals surface area contributed by atoms with Gasteiger partial charge in [0, 0.05) is 0 Å². The molecule has 0 aliphatic heterocycles. The van der Waals surface area contributed by atoms with Crippen molar-refractivity contribution in [2.75, 3.05) is 27.0 Å². The van der Waals surface area contributed by atoms with Crippen LogP contribution in [0.1, 0.15) is 27.2 Å². The molecule has 0 radical (unpaired) electrons. The van der Waals surface area contributed by atoms with Gasteiger partial charge in [-0.05, 0) is 0 Å². The SMILES string of the molecule is CN(C(=O)C(CC(=O)OI)SC(C)(C)C)[PH](C)(C)C. The molecule has 114 valence electrons. The van der Waals surface area contributed by atoms with E-state index in [2.05, 4.69) is 23.1 Å². The molecule has 0 heterocycles. The molecular weight excluding hydrogens is 396 g/mol. The number of rotatable bonds is 5. The van der Waals surface area contributed by atoms with Crippen LogP contribution in [-0.4, -0.2) is 53.6 Å². The molecule has 0 spiro atoms. The van der Waals surface area contributed by atoms with Gasteiger partial charge in [0.15, 0.2) is 0 Å². The molecule has 0 aliphatic carbocycles. The van der Waals surface area contributed by atoms with E-state index in [9.17, 15) is 9.59 Å². The zero-order valence-electron chi connectivity index (χ0n) is 12.7. The molecule has 4 nitrogen and oxygen atoms in total. The Morgan fingerprint density at radius 3 is 2.11 bits per heavy atom. The Morgan fingerprint density at radius 1 is 1.32 bits per heavy atom. The number of hydrogen-bond acceptors (Lipinski definition) is 4. The fraction of sp³-hybridized carbons (Fsp3) is 0.833. The quantitative estimate of drug-likeness (QED) is 0.506. The summed E-state index contributed by atoms with van der Waals surface area (Å²) in [5.41, 5.74) is 0. The minimum atomic E-state index is -1.71. The number of carbonyl (C=O) groups excluding carboxylic acids is 2. The number of amides is 1. The molecule has 0 aromatic rings. The summed E-state index contributed by atoms with van der Waals surface area (Å²) in [5.74, 6) is -0.319. The Labute approximate surface area is 135 Å². The summed E-state index contributed by atoms with van der Waals surface area (Å²) in [7, 11) is 0.127. The second-order valence-corrected chi connectivity index (χ2v) is 13.9. The van der Waals surface area contributed by atoms with Gasteiger partial charge in [-0.25, -0.2) is 0 Å². The summed E-state index contributed by atoms with van der Waals surface area (Å²) in [6.07, 6.45) is 0.124. The van der Waals surface area contributed by atoms with E-state index >= 15 is 0 Å². The molecule has 1 amide bonds. The summed E-state index contributed by atoms with van der Waals surface area (Å²) in [5, 5.41) is -0.376. The molecule has 1 unspecified atom stereocenters. The van der Waals surface area contributed by atoms with Crippen molar-refractivity contribution in [3.63, 3.8) is 0 Å². The second-order valence-electron chi connectivity index (χ2n) is 6.44. The van der Waals surface area contributed by atoms with Crippen molar-refractivity contribution in [1.82, 2.24) is 4.67 Å². The molecule has 0 saturated carbocycles. The molecule has 1 atom stereocenters. The van der Waals surface area contributed by atoms with Gasteiger partial charge >= 0.3 is 136 Å². The van der Waals surface area contributed by atoms with E-state index < -0.39 is 7.41 Å². The third-order valence-electron chi connectivity index (χ3n) is 2.55. The van der Waals surface area contributed by atoms with Gasteiger partial charge in [-0.15, -0.1) is 0 Å². The van der Waals surface area contributed by atoms with Crippen LogP contribution in [0.5, 0.6) is 0 Å². The van der Waals surface area contributed by atoms with E-state index in [0.717, 1.165) is 0 Å². The van der Waals surface area contributed by atoms with E-state index in [-0.39, 0.29) is 28.3 Å². The normalized spacial score (nSPS) is 14.7. The number of carbonyl (C=O) groups is 2. The van der Waals surface area contributed by atoms with E-state index in [4.69, 9.17) is 0 Å². The van der Waals surface area contributed by atoms with Gasteiger partial charge in [0.2, 0.25) is 0 Å². The number of thioether (sulfide) groups is 1. The van der Waals surface area contributed by atoms with Crippen LogP contribution in [0.3, 0.4) is 0 Å². The van der Waals surface area contributed by atoms with Crippen molar-refractivity contribution in [2.45, 2.75) is 37.2 Å². The van der Waals surface area contributed by atoms with Crippen molar-refractivity contribution in [2.24, 2.45) is 0 Å². The summed E-state index contributed by atoms with van der Waals surface area (Å²) in [6, 6.07) is 0. The van der Waals surface area contributed by atoms with E-state index in [0.29, 0.717) is 0 Å². The Balaban J connectivity index is 5.02. The molecule has 0 fully saturated rings. The number of hydrogen-bond donors (Lipinski definition) is 0. The van der Waals surface area contributed by atoms with E-state index in [1.54, 1.807) is 23.0 Å². The molecule has 19 heavy (non-hydrogen) atoms. The van der Waals surface area contributed by atoms with Crippen LogP contribution in [-0.2, 0) is 12.7 Å². The van der Waals surface area contributed by atoms with Crippen LogP contribution >= 0.6 is 42.2 Å². The van der Waals surface area contributed by atoms with Crippen molar-refractivity contribution in [3.05, 3.63) is 0 Å². The fourth-order valence-corrected chi connectivity index (χ4v) is 3.76.